The largest absolute Gasteiger partial charge is 0.271 e. The highest BCUT2D eigenvalue weighted by Crippen LogP contribution is 2.21. The van der Waals surface area contributed by atoms with Crippen LogP contribution in [0, 0.1) is 25.1 Å². The van der Waals surface area contributed by atoms with Crippen LogP contribution in [0.5, 0.6) is 0 Å². The van der Waals surface area contributed by atoms with Gasteiger partial charge in [-0.15, -0.1) is 12.3 Å². The first-order valence-electron chi connectivity index (χ1n) is 4.35. The van der Waals surface area contributed by atoms with E-state index in [1.807, 2.05) is 0 Å². The molecule has 1 atom stereocenters. The Hall–Kier alpha value is -1.37. The number of rotatable bonds is 3. The minimum Gasteiger partial charge on any atom is -0.271 e. The fourth-order valence-corrected chi connectivity index (χ4v) is 1.32. The average molecular weight is 192 g/mol. The fraction of sp³-hybridized carbons (Fsp3) is 0.273. The Balaban J connectivity index is 3.05. The van der Waals surface area contributed by atoms with Crippen molar-refractivity contribution in [3.05, 3.63) is 35.1 Å². The Morgan fingerprint density at radius 2 is 2.36 bits per heavy atom. The van der Waals surface area contributed by atoms with Crippen LogP contribution >= 0.6 is 0 Å². The van der Waals surface area contributed by atoms with Gasteiger partial charge < -0.3 is 0 Å². The van der Waals surface area contributed by atoms with E-state index in [1.165, 1.54) is 0 Å². The van der Waals surface area contributed by atoms with Gasteiger partial charge in [-0.3, -0.25) is 11.3 Å². The van der Waals surface area contributed by atoms with Gasteiger partial charge in [0.15, 0.2) is 0 Å². The molecule has 0 saturated heterocycles. The van der Waals surface area contributed by atoms with E-state index < -0.39 is 0 Å². The second-order valence-electron chi connectivity index (χ2n) is 3.11. The van der Waals surface area contributed by atoms with Gasteiger partial charge >= 0.3 is 0 Å². The smallest absolute Gasteiger partial charge is 0.130 e. The number of hydrogen-bond acceptors (Lipinski definition) is 2. The minimum absolute atomic E-state index is 0.245. The van der Waals surface area contributed by atoms with E-state index in [1.54, 1.807) is 25.1 Å². The molecule has 3 heteroatoms. The molecule has 74 valence electrons. The number of nitrogens with one attached hydrogen (secondary N) is 1. The van der Waals surface area contributed by atoms with Crippen molar-refractivity contribution in [2.75, 3.05) is 0 Å². The van der Waals surface area contributed by atoms with Gasteiger partial charge in [0.1, 0.15) is 5.82 Å². The molecule has 0 radical (unpaired) electrons. The van der Waals surface area contributed by atoms with Crippen LogP contribution in [0.2, 0.25) is 0 Å². The van der Waals surface area contributed by atoms with Crippen molar-refractivity contribution in [3.8, 4) is 12.3 Å². The normalized spacial score (nSPS) is 12.1. The third kappa shape index (κ3) is 2.11. The summed E-state index contributed by atoms with van der Waals surface area (Å²) in [6, 6.07) is 4.86. The molecule has 3 N–H and O–H groups in total. The Labute approximate surface area is 83.3 Å². The Bertz CT molecular complexity index is 355. The lowest BCUT2D eigenvalue weighted by Crippen LogP contribution is -2.28. The van der Waals surface area contributed by atoms with Crippen molar-refractivity contribution in [1.82, 2.24) is 5.43 Å². The van der Waals surface area contributed by atoms with Crippen molar-refractivity contribution in [3.63, 3.8) is 0 Å². The van der Waals surface area contributed by atoms with Crippen LogP contribution in [0.1, 0.15) is 23.6 Å². The maximum Gasteiger partial charge on any atom is 0.130 e. The summed E-state index contributed by atoms with van der Waals surface area (Å²) in [5.41, 5.74) is 3.62. The molecular weight excluding hydrogens is 179 g/mol. The summed E-state index contributed by atoms with van der Waals surface area (Å²) in [6.45, 7) is 1.71. The summed E-state index contributed by atoms with van der Waals surface area (Å²) < 4.78 is 13.6. The molecule has 1 unspecified atom stereocenters. The molecule has 14 heavy (non-hydrogen) atoms. The van der Waals surface area contributed by atoms with Crippen LogP contribution < -0.4 is 11.3 Å². The Kier molecular flexibility index (Phi) is 3.63. The van der Waals surface area contributed by atoms with Crippen LogP contribution in [-0.4, -0.2) is 0 Å². The van der Waals surface area contributed by atoms with E-state index in [0.717, 1.165) is 0 Å². The summed E-state index contributed by atoms with van der Waals surface area (Å²) >= 11 is 0. The minimum atomic E-state index is -0.320. The second-order valence-corrected chi connectivity index (χ2v) is 3.11. The van der Waals surface area contributed by atoms with Crippen molar-refractivity contribution in [2.24, 2.45) is 5.84 Å². The zero-order valence-electron chi connectivity index (χ0n) is 8.05. The van der Waals surface area contributed by atoms with Crippen LogP contribution in [-0.2, 0) is 0 Å². The van der Waals surface area contributed by atoms with Gasteiger partial charge in [-0.2, -0.15) is 0 Å². The van der Waals surface area contributed by atoms with E-state index >= 15 is 0 Å². The van der Waals surface area contributed by atoms with Gasteiger partial charge in [0.25, 0.3) is 0 Å². The Morgan fingerprint density at radius 1 is 1.64 bits per heavy atom. The number of halogens is 1. The first-order chi connectivity index (χ1) is 6.70. The second kappa shape index (κ2) is 4.75. The first-order valence-corrected chi connectivity index (χ1v) is 4.35. The molecule has 0 amide bonds. The highest BCUT2D eigenvalue weighted by Gasteiger charge is 2.13. The number of hydrogen-bond donors (Lipinski definition) is 2. The average Bonchev–Trinajstić information content (AvgIpc) is 2.19. The zero-order chi connectivity index (χ0) is 10.6. The van der Waals surface area contributed by atoms with Crippen molar-refractivity contribution in [2.45, 2.75) is 19.4 Å². The van der Waals surface area contributed by atoms with Crippen LogP contribution in [0.4, 0.5) is 4.39 Å². The lowest BCUT2D eigenvalue weighted by molar-refractivity contribution is 0.517. The third-order valence-corrected chi connectivity index (χ3v) is 2.12. The molecule has 0 aliphatic carbocycles. The molecule has 1 aromatic carbocycles. The molecule has 0 fully saturated rings. The predicted octanol–water partition coefficient (Wildman–Crippen LogP) is 1.66. The van der Waals surface area contributed by atoms with Crippen LogP contribution in [0.25, 0.3) is 0 Å². The molecule has 0 spiro atoms. The van der Waals surface area contributed by atoms with Gasteiger partial charge in [-0.1, -0.05) is 18.2 Å². The third-order valence-electron chi connectivity index (χ3n) is 2.12. The molecule has 1 aromatic rings. The van der Waals surface area contributed by atoms with Crippen molar-refractivity contribution in [1.29, 1.82) is 0 Å². The summed E-state index contributed by atoms with van der Waals surface area (Å²) in [5.74, 6) is 7.51. The van der Waals surface area contributed by atoms with Gasteiger partial charge in [-0.25, -0.2) is 4.39 Å². The van der Waals surface area contributed by atoms with Crippen LogP contribution in [0.15, 0.2) is 18.2 Å². The molecule has 2 nitrogen and oxygen atoms in total. The molecule has 0 heterocycles. The number of hydrazine groups is 1. The SMILES string of the molecule is C#CCC(NN)c1cccc(C)c1F. The van der Waals surface area contributed by atoms with E-state index in [4.69, 9.17) is 12.3 Å². The summed E-state index contributed by atoms with van der Waals surface area (Å²) in [5, 5.41) is 0. The molecule has 0 aliphatic heterocycles. The summed E-state index contributed by atoms with van der Waals surface area (Å²) in [7, 11) is 0. The van der Waals surface area contributed by atoms with Gasteiger partial charge in [0, 0.05) is 12.0 Å². The van der Waals surface area contributed by atoms with Gasteiger partial charge in [-0.05, 0) is 12.5 Å². The number of aryl methyl sites for hydroxylation is 1. The van der Waals surface area contributed by atoms with E-state index in [-0.39, 0.29) is 11.9 Å². The quantitative estimate of drug-likeness (QED) is 0.434. The zero-order valence-corrected chi connectivity index (χ0v) is 8.05. The summed E-state index contributed by atoms with van der Waals surface area (Å²) in [4.78, 5) is 0. The lowest BCUT2D eigenvalue weighted by Gasteiger charge is -2.14. The predicted molar refractivity (Wildman–Crippen MR) is 54.7 cm³/mol. The monoisotopic (exact) mass is 192 g/mol. The highest BCUT2D eigenvalue weighted by atomic mass is 19.1. The molecule has 1 rings (SSSR count). The molecule has 0 aliphatic rings. The Morgan fingerprint density at radius 3 is 2.93 bits per heavy atom. The van der Waals surface area contributed by atoms with Gasteiger partial charge in [0.2, 0.25) is 0 Å². The maximum absolute atomic E-state index is 13.6. The molecule has 0 bridgehead atoms. The molecular formula is C11H13FN2. The molecule has 0 aromatic heterocycles. The fourth-order valence-electron chi connectivity index (χ4n) is 1.32. The number of benzene rings is 1. The number of terminal acetylenes is 1. The topological polar surface area (TPSA) is 38.0 Å². The lowest BCUT2D eigenvalue weighted by atomic mass is 10.0. The van der Waals surface area contributed by atoms with E-state index in [0.29, 0.717) is 17.5 Å². The number of nitrogens with two attached hydrogens (primary N) is 1. The van der Waals surface area contributed by atoms with Crippen LogP contribution in [0.3, 0.4) is 0 Å². The molecule has 0 saturated carbocycles. The highest BCUT2D eigenvalue weighted by molar-refractivity contribution is 5.28. The van der Waals surface area contributed by atoms with Gasteiger partial charge in [0.05, 0.1) is 6.04 Å². The first kappa shape index (κ1) is 10.7. The van der Waals surface area contributed by atoms with E-state index in [2.05, 4.69) is 11.3 Å². The standard InChI is InChI=1S/C11H13FN2/c1-3-5-10(14-13)9-7-4-6-8(2)11(9)12/h1,4,6-7,10,14H,5,13H2,2H3. The van der Waals surface area contributed by atoms with Crippen molar-refractivity contribution >= 4 is 0 Å². The van der Waals surface area contributed by atoms with E-state index in [9.17, 15) is 4.39 Å². The van der Waals surface area contributed by atoms with Crippen molar-refractivity contribution < 1.29 is 4.39 Å². The maximum atomic E-state index is 13.6. The summed E-state index contributed by atoms with van der Waals surface area (Å²) in [6.07, 6.45) is 5.53.